The van der Waals surface area contributed by atoms with Gasteiger partial charge in [-0.1, -0.05) is 26.2 Å². The van der Waals surface area contributed by atoms with E-state index in [9.17, 15) is 24.8 Å². The van der Waals surface area contributed by atoms with Crippen molar-refractivity contribution in [2.45, 2.75) is 64.3 Å². The lowest BCUT2D eigenvalue weighted by atomic mass is 9.94. The maximum Gasteiger partial charge on any atom is 0.280 e. The molecule has 0 saturated heterocycles. The first-order chi connectivity index (χ1) is 14.0. The summed E-state index contributed by atoms with van der Waals surface area (Å²) in [4.78, 5) is 36.9. The average molecular weight is 406 g/mol. The third-order valence-corrected chi connectivity index (χ3v) is 5.27. The van der Waals surface area contributed by atoms with Crippen LogP contribution >= 0.6 is 0 Å². The molecule has 1 aromatic carbocycles. The SMILES string of the molecule is CCC(=O)c1cc(OCCCC(=O)N(CCO)C2CCCCC2)ccc1[N+](=O)[O-]. The maximum atomic E-state index is 12.6. The Morgan fingerprint density at radius 1 is 1.28 bits per heavy atom. The van der Waals surface area contributed by atoms with Crippen LogP contribution in [-0.2, 0) is 4.79 Å². The lowest BCUT2D eigenvalue weighted by molar-refractivity contribution is -0.385. The van der Waals surface area contributed by atoms with Gasteiger partial charge in [-0.25, -0.2) is 0 Å². The number of aliphatic hydroxyl groups excluding tert-OH is 1. The summed E-state index contributed by atoms with van der Waals surface area (Å²) in [6.07, 6.45) is 6.36. The van der Waals surface area contributed by atoms with Crippen LogP contribution in [0, 0.1) is 10.1 Å². The highest BCUT2D eigenvalue weighted by Crippen LogP contribution is 2.26. The fourth-order valence-corrected chi connectivity index (χ4v) is 3.75. The van der Waals surface area contributed by atoms with Gasteiger partial charge < -0.3 is 14.7 Å². The molecule has 1 aliphatic carbocycles. The van der Waals surface area contributed by atoms with Gasteiger partial charge in [0.2, 0.25) is 5.91 Å². The minimum atomic E-state index is -0.577. The van der Waals surface area contributed by atoms with Crippen molar-refractivity contribution in [2.24, 2.45) is 0 Å². The third kappa shape index (κ3) is 6.52. The number of hydrogen-bond acceptors (Lipinski definition) is 6. The van der Waals surface area contributed by atoms with Gasteiger partial charge in [0, 0.05) is 31.5 Å². The Bertz CT molecular complexity index is 715. The minimum absolute atomic E-state index is 0.0140. The summed E-state index contributed by atoms with van der Waals surface area (Å²) < 4.78 is 5.62. The molecule has 8 heteroatoms. The van der Waals surface area contributed by atoms with Crippen molar-refractivity contribution in [3.05, 3.63) is 33.9 Å². The second-order valence-electron chi connectivity index (χ2n) is 7.27. The van der Waals surface area contributed by atoms with E-state index in [4.69, 9.17) is 4.74 Å². The molecule has 1 aromatic rings. The van der Waals surface area contributed by atoms with E-state index < -0.39 is 4.92 Å². The Labute approximate surface area is 171 Å². The molecule has 0 aliphatic heterocycles. The second kappa shape index (κ2) is 11.5. The van der Waals surface area contributed by atoms with Crippen molar-refractivity contribution >= 4 is 17.4 Å². The Morgan fingerprint density at radius 2 is 2.00 bits per heavy atom. The van der Waals surface area contributed by atoms with Crippen LogP contribution in [0.5, 0.6) is 5.75 Å². The van der Waals surface area contributed by atoms with Gasteiger partial charge in [0.25, 0.3) is 5.69 Å². The van der Waals surface area contributed by atoms with Gasteiger partial charge in [-0.2, -0.15) is 0 Å². The highest BCUT2D eigenvalue weighted by molar-refractivity contribution is 6.00. The molecule has 1 saturated carbocycles. The number of nitrogens with zero attached hydrogens (tertiary/aromatic N) is 2. The summed E-state index contributed by atoms with van der Waals surface area (Å²) in [6.45, 7) is 2.22. The Morgan fingerprint density at radius 3 is 2.62 bits per heavy atom. The summed E-state index contributed by atoms with van der Waals surface area (Å²) in [5.41, 5.74) is -0.191. The monoisotopic (exact) mass is 406 g/mol. The van der Waals surface area contributed by atoms with E-state index in [-0.39, 0.29) is 48.6 Å². The second-order valence-corrected chi connectivity index (χ2v) is 7.27. The zero-order chi connectivity index (χ0) is 21.2. The molecule has 1 amide bonds. The van der Waals surface area contributed by atoms with E-state index in [0.29, 0.717) is 25.1 Å². The molecule has 1 aliphatic rings. The smallest absolute Gasteiger partial charge is 0.280 e. The van der Waals surface area contributed by atoms with Crippen molar-refractivity contribution in [1.29, 1.82) is 0 Å². The fraction of sp³-hybridized carbons (Fsp3) is 0.619. The summed E-state index contributed by atoms with van der Waals surface area (Å²) in [5, 5.41) is 20.4. The molecule has 0 bridgehead atoms. The van der Waals surface area contributed by atoms with Crippen LogP contribution in [0.1, 0.15) is 68.6 Å². The van der Waals surface area contributed by atoms with Gasteiger partial charge >= 0.3 is 0 Å². The molecule has 1 fully saturated rings. The molecule has 1 N–H and O–H groups in total. The van der Waals surface area contributed by atoms with E-state index in [1.54, 1.807) is 11.8 Å². The number of amides is 1. The topological polar surface area (TPSA) is 110 Å². The predicted molar refractivity (Wildman–Crippen MR) is 108 cm³/mol. The van der Waals surface area contributed by atoms with Gasteiger partial charge in [0.05, 0.1) is 23.7 Å². The van der Waals surface area contributed by atoms with Crippen molar-refractivity contribution in [1.82, 2.24) is 4.90 Å². The molecule has 0 radical (unpaired) electrons. The van der Waals surface area contributed by atoms with Gasteiger partial charge in [-0.05, 0) is 31.4 Å². The average Bonchev–Trinajstić information content (AvgIpc) is 2.74. The van der Waals surface area contributed by atoms with Gasteiger partial charge in [-0.3, -0.25) is 19.7 Å². The summed E-state index contributed by atoms with van der Waals surface area (Å²) in [6, 6.07) is 4.34. The first-order valence-corrected chi connectivity index (χ1v) is 10.3. The van der Waals surface area contributed by atoms with Crippen molar-refractivity contribution < 1.29 is 24.4 Å². The first-order valence-electron chi connectivity index (χ1n) is 10.3. The summed E-state index contributed by atoms with van der Waals surface area (Å²) in [5.74, 6) is 0.0731. The standard InChI is InChI=1S/C21H30N2O6/c1-2-20(25)18-15-17(10-11-19(18)23(27)28)29-14-6-9-21(26)22(12-13-24)16-7-4-3-5-8-16/h10-11,15-16,24H,2-9,12-14H2,1H3. The molecule has 0 aromatic heterocycles. The van der Waals surface area contributed by atoms with Crippen LogP contribution in [0.25, 0.3) is 0 Å². The maximum absolute atomic E-state index is 12.6. The molecule has 0 heterocycles. The lowest BCUT2D eigenvalue weighted by Crippen LogP contribution is -2.43. The van der Waals surface area contributed by atoms with Crippen LogP contribution in [0.3, 0.4) is 0 Å². The fourth-order valence-electron chi connectivity index (χ4n) is 3.75. The largest absolute Gasteiger partial charge is 0.494 e. The number of hydrogen-bond donors (Lipinski definition) is 1. The van der Waals surface area contributed by atoms with E-state index >= 15 is 0 Å². The van der Waals surface area contributed by atoms with Crippen LogP contribution in [0.15, 0.2) is 18.2 Å². The number of rotatable bonds is 11. The van der Waals surface area contributed by atoms with E-state index in [1.807, 2.05) is 0 Å². The molecular weight excluding hydrogens is 376 g/mol. The minimum Gasteiger partial charge on any atom is -0.494 e. The number of nitro groups is 1. The number of ether oxygens (including phenoxy) is 1. The van der Waals surface area contributed by atoms with Crippen molar-refractivity contribution in [3.63, 3.8) is 0 Å². The highest BCUT2D eigenvalue weighted by Gasteiger charge is 2.24. The number of benzene rings is 1. The van der Waals surface area contributed by atoms with Gasteiger partial charge in [0.1, 0.15) is 5.75 Å². The van der Waals surface area contributed by atoms with Crippen LogP contribution < -0.4 is 4.74 Å². The third-order valence-electron chi connectivity index (χ3n) is 5.27. The Hall–Kier alpha value is -2.48. The number of carbonyl (C=O) groups is 2. The van der Waals surface area contributed by atoms with Crippen LogP contribution in [0.4, 0.5) is 5.69 Å². The van der Waals surface area contributed by atoms with Gasteiger partial charge in [-0.15, -0.1) is 0 Å². The molecule has 0 atom stereocenters. The van der Waals surface area contributed by atoms with E-state index in [2.05, 4.69) is 0 Å². The highest BCUT2D eigenvalue weighted by atomic mass is 16.6. The van der Waals surface area contributed by atoms with Crippen molar-refractivity contribution in [2.75, 3.05) is 19.8 Å². The zero-order valence-electron chi connectivity index (χ0n) is 17.0. The van der Waals surface area contributed by atoms with E-state index in [1.165, 1.54) is 24.6 Å². The first kappa shape index (κ1) is 22.8. The number of carbonyl (C=O) groups excluding carboxylic acids is 2. The molecule has 0 spiro atoms. The predicted octanol–water partition coefficient (Wildman–Crippen LogP) is 3.50. The molecular formula is C21H30N2O6. The number of nitro benzene ring substituents is 1. The molecule has 160 valence electrons. The van der Waals surface area contributed by atoms with Crippen molar-refractivity contribution in [3.8, 4) is 5.75 Å². The Balaban J connectivity index is 1.89. The lowest BCUT2D eigenvalue weighted by Gasteiger charge is -2.34. The normalized spacial score (nSPS) is 14.4. The molecule has 29 heavy (non-hydrogen) atoms. The van der Waals surface area contributed by atoms with Crippen LogP contribution in [0.2, 0.25) is 0 Å². The van der Waals surface area contributed by atoms with Gasteiger partial charge in [0.15, 0.2) is 5.78 Å². The number of ketones is 1. The Kier molecular flexibility index (Phi) is 9.05. The zero-order valence-corrected chi connectivity index (χ0v) is 17.0. The summed E-state index contributed by atoms with van der Waals surface area (Å²) in [7, 11) is 0. The molecule has 0 unspecified atom stereocenters. The molecule has 8 nitrogen and oxygen atoms in total. The van der Waals surface area contributed by atoms with E-state index in [0.717, 1.165) is 25.7 Å². The molecule has 2 rings (SSSR count). The van der Waals surface area contributed by atoms with Crippen LogP contribution in [-0.4, -0.2) is 52.4 Å². The number of Topliss-reactive ketones (excluding diaryl/α,β-unsaturated/α-hetero) is 1. The summed E-state index contributed by atoms with van der Waals surface area (Å²) >= 11 is 0. The quantitative estimate of drug-likeness (QED) is 0.261. The number of aliphatic hydroxyl groups is 1.